The minimum atomic E-state index is -0.204. The maximum atomic E-state index is 11.2. The highest BCUT2D eigenvalue weighted by molar-refractivity contribution is 5.70. The van der Waals surface area contributed by atoms with Gasteiger partial charge in [0.2, 0.25) is 0 Å². The Morgan fingerprint density at radius 1 is 0.875 bits per heavy atom. The highest BCUT2D eigenvalue weighted by atomic mass is 16.6. The molecule has 3 heteroatoms. The largest absolute Gasteiger partial charge is 0.444 e. The fraction of sp³-hybridized carbons (Fsp3) is 0.923. The Morgan fingerprint density at radius 3 is 2.12 bits per heavy atom. The number of rotatable bonds is 0. The van der Waals surface area contributed by atoms with Gasteiger partial charge in [0.25, 0.3) is 0 Å². The third-order valence-corrected chi connectivity index (χ3v) is 3.76. The van der Waals surface area contributed by atoms with Crippen LogP contribution in [-0.4, -0.2) is 18.2 Å². The van der Waals surface area contributed by atoms with Crippen LogP contribution in [0.15, 0.2) is 0 Å². The monoisotopic (exact) mass is 225 g/mol. The number of amides is 1. The van der Waals surface area contributed by atoms with Gasteiger partial charge in [-0.05, 0) is 19.3 Å². The van der Waals surface area contributed by atoms with E-state index in [1.54, 1.807) is 0 Å². The molecule has 1 N–H and O–H groups in total. The van der Waals surface area contributed by atoms with Crippen LogP contribution in [0.5, 0.6) is 0 Å². The van der Waals surface area contributed by atoms with Crippen LogP contribution in [0.2, 0.25) is 0 Å². The molecule has 0 radical (unpaired) electrons. The molecule has 1 heterocycles. The van der Waals surface area contributed by atoms with Crippen LogP contribution in [0.3, 0.4) is 0 Å². The summed E-state index contributed by atoms with van der Waals surface area (Å²) in [5.41, 5.74) is 0. The predicted molar refractivity (Wildman–Crippen MR) is 63.4 cm³/mol. The Kier molecular flexibility index (Phi) is 4.49. The van der Waals surface area contributed by atoms with Crippen molar-refractivity contribution in [2.45, 2.75) is 76.4 Å². The quantitative estimate of drug-likeness (QED) is 0.686. The molecule has 2 aliphatic rings. The smallest absolute Gasteiger partial charge is 0.407 e. The van der Waals surface area contributed by atoms with Crippen LogP contribution in [0.25, 0.3) is 0 Å². The van der Waals surface area contributed by atoms with E-state index < -0.39 is 0 Å². The molecule has 0 aromatic rings. The van der Waals surface area contributed by atoms with Gasteiger partial charge in [-0.1, -0.05) is 44.9 Å². The number of alkyl carbamates (subject to hydrolysis) is 1. The van der Waals surface area contributed by atoms with Crippen molar-refractivity contribution in [1.29, 1.82) is 0 Å². The summed E-state index contributed by atoms with van der Waals surface area (Å²) in [4.78, 5) is 11.2. The summed E-state index contributed by atoms with van der Waals surface area (Å²) in [6.07, 6.45) is 12.6. The molecule has 2 unspecified atom stereocenters. The lowest BCUT2D eigenvalue weighted by Gasteiger charge is -2.17. The molecule has 1 aliphatic heterocycles. The first-order valence-corrected chi connectivity index (χ1v) is 6.83. The predicted octanol–water partition coefficient (Wildman–Crippen LogP) is 3.38. The van der Waals surface area contributed by atoms with Crippen molar-refractivity contribution >= 4 is 6.09 Å². The summed E-state index contributed by atoms with van der Waals surface area (Å²) < 4.78 is 5.32. The van der Waals surface area contributed by atoms with Crippen molar-refractivity contribution in [1.82, 2.24) is 5.32 Å². The maximum absolute atomic E-state index is 11.2. The van der Waals surface area contributed by atoms with E-state index in [0.29, 0.717) is 0 Å². The van der Waals surface area contributed by atoms with Crippen molar-refractivity contribution in [3.63, 3.8) is 0 Å². The van der Waals surface area contributed by atoms with E-state index >= 15 is 0 Å². The molecule has 0 aromatic heterocycles. The van der Waals surface area contributed by atoms with E-state index in [9.17, 15) is 4.79 Å². The van der Waals surface area contributed by atoms with Gasteiger partial charge in [0.05, 0.1) is 6.04 Å². The first-order valence-electron chi connectivity index (χ1n) is 6.83. The average Bonchev–Trinajstić information content (AvgIpc) is 2.59. The van der Waals surface area contributed by atoms with Crippen molar-refractivity contribution < 1.29 is 9.53 Å². The van der Waals surface area contributed by atoms with E-state index in [4.69, 9.17) is 4.74 Å². The fourth-order valence-electron chi connectivity index (χ4n) is 2.79. The number of fused-ring (bicyclic) bond motifs is 1. The lowest BCUT2D eigenvalue weighted by Crippen LogP contribution is -2.31. The number of carbonyl (C=O) groups is 1. The zero-order chi connectivity index (χ0) is 11.2. The van der Waals surface area contributed by atoms with Crippen LogP contribution in [0, 0.1) is 0 Å². The summed E-state index contributed by atoms with van der Waals surface area (Å²) in [5.74, 6) is 0. The van der Waals surface area contributed by atoms with E-state index in [2.05, 4.69) is 5.32 Å². The lowest BCUT2D eigenvalue weighted by atomic mass is 9.96. The summed E-state index contributed by atoms with van der Waals surface area (Å²) in [6, 6.07) is 0.284. The lowest BCUT2D eigenvalue weighted by molar-refractivity contribution is 0.122. The Labute approximate surface area is 97.9 Å². The SMILES string of the molecule is O=C1NC2CCCCCCCCCCC2O1. The molecule has 16 heavy (non-hydrogen) atoms. The van der Waals surface area contributed by atoms with Crippen molar-refractivity contribution in [3.05, 3.63) is 0 Å². The molecule has 1 amide bonds. The maximum Gasteiger partial charge on any atom is 0.407 e. The van der Waals surface area contributed by atoms with Crippen LogP contribution in [0.1, 0.15) is 64.2 Å². The highest BCUT2D eigenvalue weighted by Crippen LogP contribution is 2.22. The summed E-state index contributed by atoms with van der Waals surface area (Å²) in [6.45, 7) is 0. The molecule has 1 saturated carbocycles. The molecule has 3 nitrogen and oxygen atoms in total. The van der Waals surface area contributed by atoms with Gasteiger partial charge in [-0.15, -0.1) is 0 Å². The molecule has 1 saturated heterocycles. The van der Waals surface area contributed by atoms with Gasteiger partial charge in [-0.25, -0.2) is 4.79 Å². The number of hydrogen-bond acceptors (Lipinski definition) is 2. The Bertz CT molecular complexity index is 208. The molecule has 92 valence electrons. The van der Waals surface area contributed by atoms with E-state index in [1.807, 2.05) is 0 Å². The zero-order valence-electron chi connectivity index (χ0n) is 10.0. The summed E-state index contributed by atoms with van der Waals surface area (Å²) in [7, 11) is 0. The Balaban J connectivity index is 1.83. The Hall–Kier alpha value is -0.730. The second-order valence-electron chi connectivity index (χ2n) is 5.10. The van der Waals surface area contributed by atoms with Gasteiger partial charge < -0.3 is 10.1 Å². The molecular formula is C13H23NO2. The second-order valence-corrected chi connectivity index (χ2v) is 5.10. The van der Waals surface area contributed by atoms with Crippen LogP contribution in [0.4, 0.5) is 4.79 Å². The van der Waals surface area contributed by atoms with E-state index in [0.717, 1.165) is 12.8 Å². The molecule has 2 rings (SSSR count). The van der Waals surface area contributed by atoms with Crippen LogP contribution < -0.4 is 5.32 Å². The first-order chi connectivity index (χ1) is 7.86. The van der Waals surface area contributed by atoms with E-state index in [1.165, 1.54) is 51.4 Å². The van der Waals surface area contributed by atoms with Gasteiger partial charge in [0.1, 0.15) is 6.10 Å². The molecule has 1 aliphatic carbocycles. The molecule has 2 atom stereocenters. The van der Waals surface area contributed by atoms with Gasteiger partial charge in [0, 0.05) is 0 Å². The third-order valence-electron chi connectivity index (χ3n) is 3.76. The Morgan fingerprint density at radius 2 is 1.44 bits per heavy atom. The van der Waals surface area contributed by atoms with Crippen molar-refractivity contribution in [2.24, 2.45) is 0 Å². The summed E-state index contributed by atoms with van der Waals surface area (Å²) >= 11 is 0. The van der Waals surface area contributed by atoms with Crippen LogP contribution >= 0.6 is 0 Å². The number of hydrogen-bond donors (Lipinski definition) is 1. The molecule has 0 spiro atoms. The molecule has 2 fully saturated rings. The van der Waals surface area contributed by atoms with Gasteiger partial charge in [0.15, 0.2) is 0 Å². The average molecular weight is 225 g/mol. The standard InChI is InChI=1S/C13H23NO2/c15-13-14-11-9-7-5-3-1-2-4-6-8-10-12(11)16-13/h11-12H,1-10H2,(H,14,15). The van der Waals surface area contributed by atoms with Gasteiger partial charge in [-0.2, -0.15) is 0 Å². The van der Waals surface area contributed by atoms with Crippen molar-refractivity contribution in [3.8, 4) is 0 Å². The number of carbonyl (C=O) groups excluding carboxylic acids is 1. The van der Waals surface area contributed by atoms with E-state index in [-0.39, 0.29) is 18.2 Å². The second kappa shape index (κ2) is 6.12. The van der Waals surface area contributed by atoms with Crippen molar-refractivity contribution in [2.75, 3.05) is 0 Å². The topological polar surface area (TPSA) is 38.3 Å². The number of ether oxygens (including phenoxy) is 1. The highest BCUT2D eigenvalue weighted by Gasteiger charge is 2.32. The normalized spacial score (nSPS) is 32.9. The van der Waals surface area contributed by atoms with Crippen LogP contribution in [-0.2, 0) is 4.74 Å². The first kappa shape index (κ1) is 11.7. The third kappa shape index (κ3) is 3.39. The zero-order valence-corrected chi connectivity index (χ0v) is 10.0. The fourth-order valence-corrected chi connectivity index (χ4v) is 2.79. The molecule has 0 aromatic carbocycles. The number of nitrogens with one attached hydrogen (secondary N) is 1. The van der Waals surface area contributed by atoms with Gasteiger partial charge in [-0.3, -0.25) is 0 Å². The minimum Gasteiger partial charge on any atom is -0.444 e. The minimum absolute atomic E-state index is 0.145. The molecule has 0 bridgehead atoms. The molecular weight excluding hydrogens is 202 g/mol. The summed E-state index contributed by atoms with van der Waals surface area (Å²) in [5, 5.41) is 2.95. The van der Waals surface area contributed by atoms with Gasteiger partial charge >= 0.3 is 6.09 Å².